The number of carbonyl (C=O) groups is 2. The van der Waals surface area contributed by atoms with E-state index in [1.54, 1.807) is 48.5 Å². The van der Waals surface area contributed by atoms with Crippen LogP contribution in [0.4, 0.5) is 5.69 Å². The molecule has 0 aromatic heterocycles. The van der Waals surface area contributed by atoms with Crippen molar-refractivity contribution in [1.82, 2.24) is 0 Å². The molecule has 1 aliphatic heterocycles. The number of carbonyl (C=O) groups excluding carboxylic acids is 2. The Labute approximate surface area is 173 Å². The van der Waals surface area contributed by atoms with Crippen LogP contribution < -0.4 is 4.90 Å². The van der Waals surface area contributed by atoms with Gasteiger partial charge in [0, 0.05) is 16.0 Å². The van der Waals surface area contributed by atoms with Gasteiger partial charge in [-0.05, 0) is 12.1 Å². The first kappa shape index (κ1) is 18.6. The van der Waals surface area contributed by atoms with Crippen LogP contribution >= 0.6 is 24.4 Å². The second kappa shape index (κ2) is 8.09. The van der Waals surface area contributed by atoms with Crippen LogP contribution in [0.3, 0.4) is 0 Å². The molecular formula is C23H17NO2S2. The summed E-state index contributed by atoms with van der Waals surface area (Å²) in [5.74, 6) is -0.194. The Bertz CT molecular complexity index is 1010. The molecule has 1 heterocycles. The first-order valence-corrected chi connectivity index (χ1v) is 10.2. The Morgan fingerprint density at radius 3 is 1.79 bits per heavy atom. The number of benzene rings is 3. The number of hydrogen-bond donors (Lipinski definition) is 1. The number of ketones is 2. The van der Waals surface area contributed by atoms with E-state index in [0.29, 0.717) is 22.0 Å². The minimum Gasteiger partial charge on any atom is -0.325 e. The van der Waals surface area contributed by atoms with E-state index in [0.717, 1.165) is 10.6 Å². The van der Waals surface area contributed by atoms with Gasteiger partial charge in [-0.2, -0.15) is 12.6 Å². The van der Waals surface area contributed by atoms with E-state index >= 15 is 0 Å². The normalized spacial score (nSPS) is 12.6. The van der Waals surface area contributed by atoms with Gasteiger partial charge in [-0.3, -0.25) is 9.59 Å². The maximum Gasteiger partial charge on any atom is 0.199 e. The van der Waals surface area contributed by atoms with Crippen LogP contribution in [0.2, 0.25) is 0 Å². The molecule has 0 atom stereocenters. The SMILES string of the molecule is O=C(C(C(=O)c1ccccc1)=C1Sc2ccccc2N1CS)c1ccccc1. The lowest BCUT2D eigenvalue weighted by Crippen LogP contribution is -2.23. The quantitative estimate of drug-likeness (QED) is 0.202. The highest BCUT2D eigenvalue weighted by Crippen LogP contribution is 2.47. The highest BCUT2D eigenvalue weighted by atomic mass is 32.2. The van der Waals surface area contributed by atoms with Crippen molar-refractivity contribution < 1.29 is 9.59 Å². The lowest BCUT2D eigenvalue weighted by atomic mass is 9.96. The summed E-state index contributed by atoms with van der Waals surface area (Å²) in [6, 6.07) is 25.7. The lowest BCUT2D eigenvalue weighted by molar-refractivity contribution is 0.0961. The maximum atomic E-state index is 13.4. The van der Waals surface area contributed by atoms with Crippen molar-refractivity contribution in [2.24, 2.45) is 0 Å². The number of anilines is 1. The minimum atomic E-state index is -0.281. The molecular weight excluding hydrogens is 386 g/mol. The van der Waals surface area contributed by atoms with E-state index in [2.05, 4.69) is 12.6 Å². The topological polar surface area (TPSA) is 37.4 Å². The third kappa shape index (κ3) is 3.39. The number of fused-ring (bicyclic) bond motifs is 1. The first-order valence-electron chi connectivity index (χ1n) is 8.79. The van der Waals surface area contributed by atoms with E-state index in [4.69, 9.17) is 0 Å². The average Bonchev–Trinajstić information content (AvgIpc) is 3.13. The molecule has 28 heavy (non-hydrogen) atoms. The Hall–Kier alpha value is -2.76. The van der Waals surface area contributed by atoms with Crippen molar-refractivity contribution in [2.45, 2.75) is 4.90 Å². The molecule has 0 spiro atoms. The molecule has 3 aromatic rings. The standard InChI is InChI=1S/C23H17NO2S2/c25-21(16-9-3-1-4-10-16)20(22(26)17-11-5-2-6-12-17)23-24(15-27)18-13-7-8-14-19(18)28-23/h1-14,27H,15H2. The summed E-state index contributed by atoms with van der Waals surface area (Å²) in [6.45, 7) is 0. The largest absolute Gasteiger partial charge is 0.325 e. The average molecular weight is 404 g/mol. The molecule has 4 rings (SSSR count). The lowest BCUT2D eigenvalue weighted by Gasteiger charge is -2.20. The van der Waals surface area contributed by atoms with E-state index in [1.165, 1.54) is 11.8 Å². The second-order valence-corrected chi connectivity index (χ2v) is 7.52. The number of rotatable bonds is 5. The van der Waals surface area contributed by atoms with Gasteiger partial charge < -0.3 is 4.90 Å². The van der Waals surface area contributed by atoms with Crippen LogP contribution in [0.25, 0.3) is 0 Å². The zero-order chi connectivity index (χ0) is 19.5. The predicted molar refractivity (Wildman–Crippen MR) is 117 cm³/mol. The van der Waals surface area contributed by atoms with Gasteiger partial charge in [-0.1, -0.05) is 84.6 Å². The van der Waals surface area contributed by atoms with Crippen LogP contribution in [0.15, 0.2) is 100 Å². The molecule has 0 saturated carbocycles. The molecule has 3 nitrogen and oxygen atoms in total. The van der Waals surface area contributed by atoms with Crippen LogP contribution in [0.5, 0.6) is 0 Å². The summed E-state index contributed by atoms with van der Waals surface area (Å²) < 4.78 is 0. The van der Waals surface area contributed by atoms with Crippen molar-refractivity contribution in [1.29, 1.82) is 0 Å². The third-order valence-corrected chi connectivity index (χ3v) is 5.96. The fourth-order valence-corrected chi connectivity index (χ4v) is 4.71. The summed E-state index contributed by atoms with van der Waals surface area (Å²) in [4.78, 5) is 29.8. The molecule has 0 N–H and O–H groups in total. The molecule has 1 aliphatic rings. The number of nitrogens with zero attached hydrogens (tertiary/aromatic N) is 1. The van der Waals surface area contributed by atoms with Crippen molar-refractivity contribution in [3.05, 3.63) is 107 Å². The maximum absolute atomic E-state index is 13.4. The number of para-hydroxylation sites is 1. The third-order valence-electron chi connectivity index (χ3n) is 4.49. The Balaban J connectivity index is 1.90. The molecule has 0 amide bonds. The van der Waals surface area contributed by atoms with Crippen molar-refractivity contribution in [2.75, 3.05) is 10.8 Å². The van der Waals surface area contributed by atoms with E-state index in [-0.39, 0.29) is 17.1 Å². The molecule has 3 aromatic carbocycles. The Morgan fingerprint density at radius 2 is 1.25 bits per heavy atom. The van der Waals surface area contributed by atoms with Crippen LogP contribution in [0.1, 0.15) is 20.7 Å². The first-order chi connectivity index (χ1) is 13.7. The van der Waals surface area contributed by atoms with Crippen LogP contribution in [-0.4, -0.2) is 17.4 Å². The monoisotopic (exact) mass is 403 g/mol. The summed E-state index contributed by atoms with van der Waals surface area (Å²) in [7, 11) is 0. The molecule has 0 fully saturated rings. The van der Waals surface area contributed by atoms with Crippen LogP contribution in [-0.2, 0) is 0 Å². The predicted octanol–water partition coefficient (Wildman–Crippen LogP) is 5.46. The van der Waals surface area contributed by atoms with Crippen molar-refractivity contribution in [3.8, 4) is 0 Å². The van der Waals surface area contributed by atoms with Gasteiger partial charge in [0.2, 0.25) is 0 Å². The number of Topliss-reactive ketones (excluding diaryl/α,β-unsaturated/α-hetero) is 2. The Kier molecular flexibility index (Phi) is 5.37. The van der Waals surface area contributed by atoms with Gasteiger partial charge in [-0.15, -0.1) is 0 Å². The van der Waals surface area contributed by atoms with Crippen LogP contribution in [0, 0.1) is 0 Å². The highest BCUT2D eigenvalue weighted by molar-refractivity contribution is 8.03. The summed E-state index contributed by atoms with van der Waals surface area (Å²) in [5.41, 5.74) is 2.11. The molecule has 0 radical (unpaired) electrons. The highest BCUT2D eigenvalue weighted by Gasteiger charge is 2.33. The van der Waals surface area contributed by atoms with Gasteiger partial charge in [0.25, 0.3) is 0 Å². The zero-order valence-electron chi connectivity index (χ0n) is 14.9. The molecule has 0 aliphatic carbocycles. The number of thioether (sulfide) groups is 1. The van der Waals surface area contributed by atoms with E-state index < -0.39 is 0 Å². The van der Waals surface area contributed by atoms with Gasteiger partial charge in [0.05, 0.1) is 16.6 Å². The summed E-state index contributed by atoms with van der Waals surface area (Å²) >= 11 is 5.90. The summed E-state index contributed by atoms with van der Waals surface area (Å²) in [5, 5.41) is 0.624. The van der Waals surface area contributed by atoms with Crippen molar-refractivity contribution >= 4 is 41.6 Å². The van der Waals surface area contributed by atoms with Gasteiger partial charge in [0.1, 0.15) is 5.57 Å². The molecule has 0 bridgehead atoms. The minimum absolute atomic E-state index is 0.174. The van der Waals surface area contributed by atoms with E-state index in [1.807, 2.05) is 41.3 Å². The van der Waals surface area contributed by atoms with Gasteiger partial charge in [0.15, 0.2) is 11.6 Å². The fraction of sp³-hybridized carbons (Fsp3) is 0.0435. The number of hydrogen-bond acceptors (Lipinski definition) is 5. The van der Waals surface area contributed by atoms with Gasteiger partial charge >= 0.3 is 0 Å². The zero-order valence-corrected chi connectivity index (χ0v) is 16.6. The van der Waals surface area contributed by atoms with E-state index in [9.17, 15) is 9.59 Å². The molecule has 138 valence electrons. The molecule has 0 unspecified atom stereocenters. The number of allylic oxidation sites excluding steroid dienone is 1. The van der Waals surface area contributed by atoms with Gasteiger partial charge in [-0.25, -0.2) is 0 Å². The smallest absolute Gasteiger partial charge is 0.199 e. The molecule has 5 heteroatoms. The Morgan fingerprint density at radius 1 is 0.750 bits per heavy atom. The molecule has 0 saturated heterocycles. The van der Waals surface area contributed by atoms with Crippen molar-refractivity contribution in [3.63, 3.8) is 0 Å². The fourth-order valence-electron chi connectivity index (χ4n) is 3.13. The summed E-state index contributed by atoms with van der Waals surface area (Å²) in [6.07, 6.45) is 0. The number of thiol groups is 1. The second-order valence-electron chi connectivity index (χ2n) is 6.21.